The minimum Gasteiger partial charge on any atom is -0.337 e. The zero-order valence-electron chi connectivity index (χ0n) is 10.2. The lowest BCUT2D eigenvalue weighted by Gasteiger charge is -2.03. The van der Waals surface area contributed by atoms with Crippen LogP contribution < -0.4 is 10.0 Å². The van der Waals surface area contributed by atoms with Gasteiger partial charge in [-0.2, -0.15) is 0 Å². The molecule has 0 aliphatic carbocycles. The highest BCUT2D eigenvalue weighted by molar-refractivity contribution is 7.89. The molecule has 6 nitrogen and oxygen atoms in total. The molecule has 100 valence electrons. The third-order valence-electron chi connectivity index (χ3n) is 2.21. The molecule has 0 spiro atoms. The number of hydrogen-bond donors (Lipinski definition) is 2. The lowest BCUT2D eigenvalue weighted by atomic mass is 10.6. The van der Waals surface area contributed by atoms with E-state index in [1.54, 1.807) is 18.5 Å². The third-order valence-corrected chi connectivity index (χ3v) is 3.54. The Bertz CT molecular complexity index is 424. The van der Waals surface area contributed by atoms with Gasteiger partial charge in [0.1, 0.15) is 5.82 Å². The molecule has 0 aliphatic heterocycles. The maximum atomic E-state index is 11.7. The molecule has 0 amide bonds. The van der Waals surface area contributed by atoms with Gasteiger partial charge in [-0.15, -0.1) is 12.4 Å². The monoisotopic (exact) mass is 282 g/mol. The van der Waals surface area contributed by atoms with Crippen molar-refractivity contribution in [3.8, 4) is 0 Å². The predicted octanol–water partition coefficient (Wildman–Crippen LogP) is 0.0381. The van der Waals surface area contributed by atoms with Crippen molar-refractivity contribution in [3.05, 3.63) is 12.0 Å². The van der Waals surface area contributed by atoms with E-state index in [0.29, 0.717) is 18.9 Å². The molecule has 8 heteroatoms. The van der Waals surface area contributed by atoms with Crippen LogP contribution in [-0.2, 0) is 17.1 Å². The quantitative estimate of drug-likeness (QED) is 0.723. The second-order valence-electron chi connectivity index (χ2n) is 3.49. The zero-order chi connectivity index (χ0) is 12.2. The van der Waals surface area contributed by atoms with Crippen LogP contribution >= 0.6 is 12.4 Å². The highest BCUT2D eigenvalue weighted by Crippen LogP contribution is 2.06. The van der Waals surface area contributed by atoms with Gasteiger partial charge < -0.3 is 9.88 Å². The van der Waals surface area contributed by atoms with Crippen LogP contribution in [0.15, 0.2) is 11.2 Å². The Labute approximate surface area is 108 Å². The molecular formula is C9H19ClN4O2S. The summed E-state index contributed by atoms with van der Waals surface area (Å²) >= 11 is 0. The first-order valence-corrected chi connectivity index (χ1v) is 6.66. The fraction of sp³-hybridized carbons (Fsp3) is 0.667. The van der Waals surface area contributed by atoms with Crippen LogP contribution in [0.3, 0.4) is 0 Å². The van der Waals surface area contributed by atoms with E-state index >= 15 is 0 Å². The summed E-state index contributed by atoms with van der Waals surface area (Å²) in [7, 11) is -1.70. The second-order valence-corrected chi connectivity index (χ2v) is 5.20. The van der Waals surface area contributed by atoms with E-state index in [1.807, 2.05) is 6.92 Å². The van der Waals surface area contributed by atoms with E-state index in [9.17, 15) is 8.42 Å². The van der Waals surface area contributed by atoms with E-state index in [2.05, 4.69) is 15.0 Å². The topological polar surface area (TPSA) is 76.0 Å². The molecule has 1 aromatic heterocycles. The van der Waals surface area contributed by atoms with Crippen molar-refractivity contribution in [3.63, 3.8) is 0 Å². The summed E-state index contributed by atoms with van der Waals surface area (Å²) in [4.78, 5) is 3.97. The number of likely N-dealkylation sites (N-methyl/N-ethyl adjacent to an activating group) is 1. The van der Waals surface area contributed by atoms with E-state index in [-0.39, 0.29) is 17.4 Å². The molecule has 2 N–H and O–H groups in total. The van der Waals surface area contributed by atoms with Crippen LogP contribution in [0.4, 0.5) is 0 Å². The molecule has 0 saturated carbocycles. The molecule has 0 aromatic carbocycles. The molecule has 1 heterocycles. The molecule has 0 aliphatic rings. The molecule has 1 aromatic rings. The van der Waals surface area contributed by atoms with Crippen LogP contribution in [0, 0.1) is 6.92 Å². The second kappa shape index (κ2) is 6.95. The van der Waals surface area contributed by atoms with Gasteiger partial charge >= 0.3 is 0 Å². The third kappa shape index (κ3) is 4.63. The van der Waals surface area contributed by atoms with E-state index in [4.69, 9.17) is 0 Å². The highest BCUT2D eigenvalue weighted by atomic mass is 35.5. The fourth-order valence-corrected chi connectivity index (χ4v) is 2.25. The van der Waals surface area contributed by atoms with Crippen molar-refractivity contribution >= 4 is 22.4 Å². The van der Waals surface area contributed by atoms with Crippen molar-refractivity contribution in [2.75, 3.05) is 19.6 Å². The number of nitrogens with one attached hydrogen (secondary N) is 2. The van der Waals surface area contributed by atoms with Crippen LogP contribution in [0.5, 0.6) is 0 Å². The molecule has 0 bridgehead atoms. The van der Waals surface area contributed by atoms with Crippen LogP contribution in [0.2, 0.25) is 0 Å². The first-order chi connectivity index (χ1) is 7.47. The Morgan fingerprint density at radius 1 is 1.41 bits per heavy atom. The van der Waals surface area contributed by atoms with Gasteiger partial charge in [0, 0.05) is 26.3 Å². The maximum Gasteiger partial charge on any atom is 0.259 e. The highest BCUT2D eigenvalue weighted by Gasteiger charge is 2.17. The molecule has 0 atom stereocenters. The van der Waals surface area contributed by atoms with Gasteiger partial charge in [0.25, 0.3) is 10.0 Å². The summed E-state index contributed by atoms with van der Waals surface area (Å²) in [6, 6.07) is 0. The van der Waals surface area contributed by atoms with Crippen molar-refractivity contribution in [1.29, 1.82) is 0 Å². The summed E-state index contributed by atoms with van der Waals surface area (Å²) in [5, 5.41) is 3.11. The van der Waals surface area contributed by atoms with E-state index in [0.717, 1.165) is 6.54 Å². The van der Waals surface area contributed by atoms with Crippen molar-refractivity contribution in [2.45, 2.75) is 18.9 Å². The van der Waals surface area contributed by atoms with Crippen molar-refractivity contribution in [1.82, 2.24) is 19.6 Å². The molecule has 0 fully saturated rings. The number of hydrogen-bond acceptors (Lipinski definition) is 4. The number of halogens is 1. The van der Waals surface area contributed by atoms with Gasteiger partial charge in [-0.05, 0) is 13.5 Å². The summed E-state index contributed by atoms with van der Waals surface area (Å²) in [6.07, 6.45) is 1.50. The standard InChI is InChI=1S/C9H18N4O2S.ClH/c1-4-10-5-6-11-16(14,15)9-7-13(3)8(2)12-9;/h7,10-11H,4-6H2,1-3H3;1H. The molecule has 1 rings (SSSR count). The number of sulfonamides is 1. The maximum absolute atomic E-state index is 11.7. The molecule has 0 saturated heterocycles. The average molecular weight is 283 g/mol. The first kappa shape index (κ1) is 16.4. The Balaban J connectivity index is 0.00000256. The minimum absolute atomic E-state index is 0. The van der Waals surface area contributed by atoms with Gasteiger partial charge in [0.2, 0.25) is 0 Å². The smallest absolute Gasteiger partial charge is 0.259 e. The number of imidazole rings is 1. The number of rotatable bonds is 6. The van der Waals surface area contributed by atoms with E-state index < -0.39 is 10.0 Å². The average Bonchev–Trinajstić information content (AvgIpc) is 2.55. The summed E-state index contributed by atoms with van der Waals surface area (Å²) in [6.45, 7) is 5.53. The number of nitrogens with zero attached hydrogens (tertiary/aromatic N) is 2. The Hall–Kier alpha value is -0.630. The van der Waals surface area contributed by atoms with E-state index in [1.165, 1.54) is 6.20 Å². The van der Waals surface area contributed by atoms with Gasteiger partial charge in [0.05, 0.1) is 0 Å². The zero-order valence-corrected chi connectivity index (χ0v) is 11.9. The summed E-state index contributed by atoms with van der Waals surface area (Å²) < 4.78 is 27.7. The van der Waals surface area contributed by atoms with Crippen LogP contribution in [0.1, 0.15) is 12.7 Å². The van der Waals surface area contributed by atoms with Gasteiger partial charge in [0.15, 0.2) is 5.03 Å². The largest absolute Gasteiger partial charge is 0.337 e. The summed E-state index contributed by atoms with van der Waals surface area (Å²) in [5.41, 5.74) is 0. The molecule has 17 heavy (non-hydrogen) atoms. The van der Waals surface area contributed by atoms with Gasteiger partial charge in [-0.25, -0.2) is 18.1 Å². The van der Waals surface area contributed by atoms with Crippen molar-refractivity contribution < 1.29 is 8.42 Å². The Morgan fingerprint density at radius 3 is 2.53 bits per heavy atom. The predicted molar refractivity (Wildman–Crippen MR) is 68.9 cm³/mol. The first-order valence-electron chi connectivity index (χ1n) is 5.17. The van der Waals surface area contributed by atoms with Gasteiger partial charge in [-0.3, -0.25) is 0 Å². The fourth-order valence-electron chi connectivity index (χ4n) is 1.18. The SMILES string of the molecule is CCNCCNS(=O)(=O)c1cn(C)c(C)n1.Cl. The van der Waals surface area contributed by atoms with Crippen molar-refractivity contribution in [2.24, 2.45) is 7.05 Å². The lowest BCUT2D eigenvalue weighted by molar-refractivity contribution is 0.574. The number of aromatic nitrogens is 2. The van der Waals surface area contributed by atoms with Crippen LogP contribution in [-0.4, -0.2) is 37.6 Å². The molecule has 0 radical (unpaired) electrons. The lowest BCUT2D eigenvalue weighted by Crippen LogP contribution is -2.32. The van der Waals surface area contributed by atoms with Crippen LogP contribution in [0.25, 0.3) is 0 Å². The summed E-state index contributed by atoms with van der Waals surface area (Å²) in [5.74, 6) is 0.673. The van der Waals surface area contributed by atoms with Gasteiger partial charge in [-0.1, -0.05) is 6.92 Å². The number of aryl methyl sites for hydroxylation is 2. The molecular weight excluding hydrogens is 264 g/mol. The minimum atomic E-state index is -3.46. The molecule has 0 unspecified atom stereocenters. The Morgan fingerprint density at radius 2 is 2.06 bits per heavy atom. The normalized spacial score (nSPS) is 11.2. The Kier molecular flexibility index (Phi) is 6.69.